The lowest BCUT2D eigenvalue weighted by molar-refractivity contribution is -0.592. The maximum absolute atomic E-state index is 11.4. The second-order valence-corrected chi connectivity index (χ2v) is 5.33. The van der Waals surface area contributed by atoms with Crippen molar-refractivity contribution in [3.05, 3.63) is 29.6 Å². The Morgan fingerprint density at radius 3 is 2.76 bits per heavy atom. The summed E-state index contributed by atoms with van der Waals surface area (Å²) < 4.78 is 26.8. The van der Waals surface area contributed by atoms with Gasteiger partial charge in [-0.15, -0.1) is 0 Å². The molecule has 17 heavy (non-hydrogen) atoms. The fraction of sp³-hybridized carbons (Fsp3) is 0.500. The summed E-state index contributed by atoms with van der Waals surface area (Å²) in [4.78, 5) is 1.75. The molecule has 0 aromatic carbocycles. The molecule has 1 rings (SSSR count). The summed E-state index contributed by atoms with van der Waals surface area (Å²) in [7, 11) is -1.61. The summed E-state index contributed by atoms with van der Waals surface area (Å²) in [6.45, 7) is 0.663. The quantitative estimate of drug-likeness (QED) is 0.314. The average Bonchev–Trinajstić information content (AvgIpc) is 2.23. The van der Waals surface area contributed by atoms with Crippen molar-refractivity contribution in [1.82, 2.24) is 0 Å². The van der Waals surface area contributed by atoms with Crippen LogP contribution in [0, 0.1) is 5.21 Å². The van der Waals surface area contributed by atoms with E-state index in [0.717, 1.165) is 11.0 Å². The van der Waals surface area contributed by atoms with E-state index in [0.29, 0.717) is 18.8 Å². The molecule has 0 saturated heterocycles. The third kappa shape index (κ3) is 5.01. The van der Waals surface area contributed by atoms with E-state index in [-0.39, 0.29) is 6.61 Å². The molecular formula is C10H16N2O4S. The summed E-state index contributed by atoms with van der Waals surface area (Å²) in [5.41, 5.74) is 0. The van der Waals surface area contributed by atoms with Crippen LogP contribution < -0.4 is 9.63 Å². The Labute approximate surface area is 101 Å². The molecular weight excluding hydrogens is 244 g/mol. The molecule has 1 heterocycles. The highest BCUT2D eigenvalue weighted by Gasteiger charge is 2.10. The fourth-order valence-corrected chi connectivity index (χ4v) is 1.76. The molecule has 1 aromatic rings. The predicted octanol–water partition coefficient (Wildman–Crippen LogP) is 0.123. The fourth-order valence-electron chi connectivity index (χ4n) is 1.34. The molecule has 0 amide bonds. The first-order valence-corrected chi connectivity index (χ1v) is 6.95. The molecule has 0 atom stereocenters. The van der Waals surface area contributed by atoms with Gasteiger partial charge in [0.15, 0.2) is 0 Å². The van der Waals surface area contributed by atoms with Gasteiger partial charge in [-0.05, 0) is 6.07 Å². The predicted molar refractivity (Wildman–Crippen MR) is 64.1 cm³/mol. The second kappa shape index (κ2) is 5.83. The van der Waals surface area contributed by atoms with Crippen molar-refractivity contribution in [3.8, 4) is 0 Å². The standard InChI is InChI=1S/C10H16N2O4S/c1-11(7-5-9-16-17(2,14)15)10-6-3-4-8-12(10)13/h3-4,6,8H,5,7,9H2,1-2H3. The summed E-state index contributed by atoms with van der Waals surface area (Å²) >= 11 is 0. The minimum Gasteiger partial charge on any atom is -0.711 e. The van der Waals surface area contributed by atoms with Crippen molar-refractivity contribution in [3.63, 3.8) is 0 Å². The van der Waals surface area contributed by atoms with Gasteiger partial charge in [0.2, 0.25) is 0 Å². The van der Waals surface area contributed by atoms with Crippen LogP contribution in [0.4, 0.5) is 5.82 Å². The van der Waals surface area contributed by atoms with Crippen LogP contribution >= 0.6 is 0 Å². The second-order valence-electron chi connectivity index (χ2n) is 3.69. The SMILES string of the molecule is CN(CCCOS(C)(=O)=O)c1cccc[n+]1[O-]. The first-order valence-electron chi connectivity index (χ1n) is 5.14. The van der Waals surface area contributed by atoms with Crippen molar-refractivity contribution in [2.24, 2.45) is 0 Å². The zero-order valence-corrected chi connectivity index (χ0v) is 10.7. The van der Waals surface area contributed by atoms with Gasteiger partial charge in [0.05, 0.1) is 32.7 Å². The lowest BCUT2D eigenvalue weighted by Crippen LogP contribution is -2.36. The maximum Gasteiger partial charge on any atom is 0.279 e. The first kappa shape index (κ1) is 13.7. The zero-order chi connectivity index (χ0) is 12.9. The van der Waals surface area contributed by atoms with Crippen molar-refractivity contribution >= 4 is 15.9 Å². The molecule has 0 N–H and O–H groups in total. The molecule has 96 valence electrons. The molecule has 1 aromatic heterocycles. The van der Waals surface area contributed by atoms with Gasteiger partial charge in [-0.3, -0.25) is 9.08 Å². The number of pyridine rings is 1. The van der Waals surface area contributed by atoms with Crippen LogP contribution in [-0.4, -0.2) is 34.9 Å². The molecule has 0 saturated carbocycles. The molecule has 0 aliphatic rings. The van der Waals surface area contributed by atoms with Crippen molar-refractivity contribution in [2.45, 2.75) is 6.42 Å². The third-order valence-corrected chi connectivity index (χ3v) is 2.72. The van der Waals surface area contributed by atoms with Gasteiger partial charge in [-0.1, -0.05) is 6.07 Å². The molecule has 0 aliphatic heterocycles. The maximum atomic E-state index is 11.4. The summed E-state index contributed by atoms with van der Waals surface area (Å²) in [6.07, 6.45) is 2.96. The highest BCUT2D eigenvalue weighted by atomic mass is 32.2. The highest BCUT2D eigenvalue weighted by molar-refractivity contribution is 7.85. The number of anilines is 1. The van der Waals surface area contributed by atoms with E-state index >= 15 is 0 Å². The van der Waals surface area contributed by atoms with E-state index in [2.05, 4.69) is 4.18 Å². The van der Waals surface area contributed by atoms with Gasteiger partial charge >= 0.3 is 0 Å². The van der Waals surface area contributed by atoms with Crippen LogP contribution in [0.15, 0.2) is 24.4 Å². The Hall–Kier alpha value is -1.34. The van der Waals surface area contributed by atoms with Crippen LogP contribution in [0.3, 0.4) is 0 Å². The minimum absolute atomic E-state index is 0.120. The number of hydrogen-bond donors (Lipinski definition) is 0. The van der Waals surface area contributed by atoms with E-state index in [1.54, 1.807) is 30.1 Å². The Balaban J connectivity index is 2.41. The van der Waals surface area contributed by atoms with Crippen LogP contribution in [0.5, 0.6) is 0 Å². The van der Waals surface area contributed by atoms with Gasteiger partial charge in [0, 0.05) is 12.5 Å². The lowest BCUT2D eigenvalue weighted by atomic mass is 10.4. The van der Waals surface area contributed by atoms with Crippen LogP contribution in [0.25, 0.3) is 0 Å². The van der Waals surface area contributed by atoms with Crippen LogP contribution in [0.1, 0.15) is 6.42 Å². The summed E-state index contributed by atoms with van der Waals surface area (Å²) in [5.74, 6) is 0.520. The van der Waals surface area contributed by atoms with Gasteiger partial charge in [0.1, 0.15) is 0 Å². The number of hydrogen-bond acceptors (Lipinski definition) is 5. The van der Waals surface area contributed by atoms with Gasteiger partial charge in [0.25, 0.3) is 15.9 Å². The Morgan fingerprint density at radius 1 is 1.47 bits per heavy atom. The van der Waals surface area contributed by atoms with Crippen LogP contribution in [0.2, 0.25) is 0 Å². The van der Waals surface area contributed by atoms with Gasteiger partial charge in [-0.25, -0.2) is 4.73 Å². The van der Waals surface area contributed by atoms with E-state index in [1.807, 2.05) is 0 Å². The van der Waals surface area contributed by atoms with Crippen molar-refractivity contribution in [2.75, 3.05) is 31.4 Å². The van der Waals surface area contributed by atoms with Crippen molar-refractivity contribution < 1.29 is 17.3 Å². The third-order valence-electron chi connectivity index (χ3n) is 2.13. The van der Waals surface area contributed by atoms with E-state index in [1.165, 1.54) is 6.20 Å². The van der Waals surface area contributed by atoms with Gasteiger partial charge in [-0.2, -0.15) is 8.42 Å². The summed E-state index contributed by atoms with van der Waals surface area (Å²) in [5, 5.41) is 11.4. The summed E-state index contributed by atoms with van der Waals surface area (Å²) in [6, 6.07) is 5.12. The van der Waals surface area contributed by atoms with Gasteiger partial charge < -0.3 is 5.21 Å². The minimum atomic E-state index is -3.38. The topological polar surface area (TPSA) is 73.5 Å². The first-order chi connectivity index (χ1) is 7.90. The normalized spacial score (nSPS) is 11.4. The monoisotopic (exact) mass is 260 g/mol. The Bertz CT molecular complexity index is 461. The van der Waals surface area contributed by atoms with E-state index < -0.39 is 10.1 Å². The molecule has 7 heteroatoms. The smallest absolute Gasteiger partial charge is 0.279 e. The molecule has 0 radical (unpaired) electrons. The van der Waals surface area contributed by atoms with Crippen LogP contribution in [-0.2, 0) is 14.3 Å². The molecule has 0 unspecified atom stereocenters. The van der Waals surface area contributed by atoms with E-state index in [4.69, 9.17) is 0 Å². The molecule has 0 spiro atoms. The van der Waals surface area contributed by atoms with Crippen molar-refractivity contribution in [1.29, 1.82) is 0 Å². The highest BCUT2D eigenvalue weighted by Crippen LogP contribution is 2.05. The molecule has 0 fully saturated rings. The number of aromatic nitrogens is 1. The lowest BCUT2D eigenvalue weighted by Gasteiger charge is -2.16. The van der Waals surface area contributed by atoms with E-state index in [9.17, 15) is 13.6 Å². The number of rotatable bonds is 6. The Kier molecular flexibility index (Phi) is 4.71. The molecule has 0 aliphatic carbocycles. The average molecular weight is 260 g/mol. The molecule has 6 nitrogen and oxygen atoms in total. The largest absolute Gasteiger partial charge is 0.711 e. The number of nitrogens with zero attached hydrogens (tertiary/aromatic N) is 2. The molecule has 0 bridgehead atoms. The Morgan fingerprint density at radius 2 is 2.18 bits per heavy atom. The zero-order valence-electron chi connectivity index (χ0n) is 9.87.